The Morgan fingerprint density at radius 2 is 2.25 bits per heavy atom. The van der Waals surface area contributed by atoms with E-state index in [2.05, 4.69) is 10.2 Å². The number of hydrogen-bond donors (Lipinski definition) is 1. The van der Waals surface area contributed by atoms with Gasteiger partial charge in [0.15, 0.2) is 5.69 Å². The molecule has 1 aromatic heterocycles. The Hall–Kier alpha value is -2.94. The first kappa shape index (κ1) is 19.8. The molecule has 3 rings (SSSR count). The molecule has 0 aliphatic carbocycles. The van der Waals surface area contributed by atoms with Crippen LogP contribution in [0.2, 0.25) is 0 Å². The van der Waals surface area contributed by atoms with Gasteiger partial charge in [0.05, 0.1) is 38.0 Å². The molecular weight excluding hydrogens is 369 g/mol. The van der Waals surface area contributed by atoms with Crippen LogP contribution in [0.25, 0.3) is 0 Å². The van der Waals surface area contributed by atoms with E-state index in [-0.39, 0.29) is 43.8 Å². The summed E-state index contributed by atoms with van der Waals surface area (Å²) in [7, 11) is 0. The summed E-state index contributed by atoms with van der Waals surface area (Å²) in [5, 5.41) is 6.79. The SMILES string of the molecule is CCOC(=O)CC1COCCN1C(=O)c1cc(COc2cccc(F)c2)[nH]n1. The molecule has 9 heteroatoms. The Morgan fingerprint density at radius 3 is 3.04 bits per heavy atom. The standard InChI is InChI=1S/C19H22FN3O5/c1-2-27-18(24)10-15-12-26-7-6-23(15)19(25)17-9-14(21-22-17)11-28-16-5-3-4-13(20)8-16/h3-5,8-9,15H,2,6-7,10-12H2,1H3,(H,21,22). The maximum absolute atomic E-state index is 13.2. The summed E-state index contributed by atoms with van der Waals surface area (Å²) in [6.07, 6.45) is 0.0690. The third-order valence-electron chi connectivity index (χ3n) is 4.24. The largest absolute Gasteiger partial charge is 0.487 e. The Morgan fingerprint density at radius 1 is 1.39 bits per heavy atom. The molecule has 2 heterocycles. The van der Waals surface area contributed by atoms with Crippen molar-refractivity contribution in [3.63, 3.8) is 0 Å². The maximum atomic E-state index is 13.2. The fourth-order valence-corrected chi connectivity index (χ4v) is 2.91. The first-order valence-corrected chi connectivity index (χ1v) is 9.03. The normalized spacial score (nSPS) is 16.6. The summed E-state index contributed by atoms with van der Waals surface area (Å²) in [6, 6.07) is 6.97. The molecule has 1 saturated heterocycles. The fraction of sp³-hybridized carbons (Fsp3) is 0.421. The van der Waals surface area contributed by atoms with Crippen LogP contribution in [-0.4, -0.2) is 59.4 Å². The van der Waals surface area contributed by atoms with Gasteiger partial charge in [0.25, 0.3) is 5.91 Å². The second-order valence-electron chi connectivity index (χ2n) is 6.26. The Bertz CT molecular complexity index is 825. The minimum absolute atomic E-state index is 0.0690. The number of esters is 1. The van der Waals surface area contributed by atoms with Gasteiger partial charge in [-0.1, -0.05) is 6.07 Å². The molecule has 1 aliphatic heterocycles. The van der Waals surface area contributed by atoms with Crippen molar-refractivity contribution in [1.82, 2.24) is 15.1 Å². The fourth-order valence-electron chi connectivity index (χ4n) is 2.91. The average Bonchev–Trinajstić information content (AvgIpc) is 3.16. The van der Waals surface area contributed by atoms with E-state index in [1.807, 2.05) is 0 Å². The molecule has 0 radical (unpaired) electrons. The predicted octanol–water partition coefficient (Wildman–Crippen LogP) is 1.92. The number of nitrogens with one attached hydrogen (secondary N) is 1. The molecule has 1 amide bonds. The van der Waals surface area contributed by atoms with Crippen molar-refractivity contribution in [3.8, 4) is 5.75 Å². The quantitative estimate of drug-likeness (QED) is 0.725. The van der Waals surface area contributed by atoms with Crippen LogP contribution < -0.4 is 4.74 Å². The van der Waals surface area contributed by atoms with E-state index < -0.39 is 11.9 Å². The number of rotatable bonds is 7. The van der Waals surface area contributed by atoms with Gasteiger partial charge in [-0.3, -0.25) is 14.7 Å². The third kappa shape index (κ3) is 5.07. The minimum Gasteiger partial charge on any atom is -0.487 e. The molecule has 0 saturated carbocycles. The van der Waals surface area contributed by atoms with E-state index in [1.54, 1.807) is 30.0 Å². The summed E-state index contributed by atoms with van der Waals surface area (Å²) in [5.41, 5.74) is 0.788. The first-order valence-electron chi connectivity index (χ1n) is 9.03. The van der Waals surface area contributed by atoms with Gasteiger partial charge in [0.1, 0.15) is 18.2 Å². The van der Waals surface area contributed by atoms with Crippen LogP contribution in [0.1, 0.15) is 29.5 Å². The van der Waals surface area contributed by atoms with Gasteiger partial charge in [0.2, 0.25) is 0 Å². The van der Waals surface area contributed by atoms with Crippen LogP contribution in [0.3, 0.4) is 0 Å². The molecule has 1 fully saturated rings. The number of halogens is 1. The lowest BCUT2D eigenvalue weighted by atomic mass is 10.1. The van der Waals surface area contributed by atoms with Crippen LogP contribution >= 0.6 is 0 Å². The number of H-pyrrole nitrogens is 1. The second-order valence-corrected chi connectivity index (χ2v) is 6.26. The van der Waals surface area contributed by atoms with E-state index in [1.165, 1.54) is 12.1 Å². The molecule has 150 valence electrons. The number of hydrogen-bond acceptors (Lipinski definition) is 6. The van der Waals surface area contributed by atoms with Gasteiger partial charge >= 0.3 is 5.97 Å². The van der Waals surface area contributed by atoms with Crippen LogP contribution in [0.4, 0.5) is 4.39 Å². The van der Waals surface area contributed by atoms with Crippen molar-refractivity contribution < 1.29 is 28.2 Å². The molecule has 1 aromatic carbocycles. The number of nitrogens with zero attached hydrogens (tertiary/aromatic N) is 2. The van der Waals surface area contributed by atoms with E-state index in [0.29, 0.717) is 24.6 Å². The molecule has 8 nitrogen and oxygen atoms in total. The zero-order valence-corrected chi connectivity index (χ0v) is 15.5. The molecule has 0 bridgehead atoms. The molecule has 1 unspecified atom stereocenters. The van der Waals surface area contributed by atoms with Crippen molar-refractivity contribution in [2.24, 2.45) is 0 Å². The molecule has 1 N–H and O–H groups in total. The summed E-state index contributed by atoms with van der Waals surface area (Å²) in [4.78, 5) is 26.2. The van der Waals surface area contributed by atoms with E-state index in [0.717, 1.165) is 0 Å². The van der Waals surface area contributed by atoms with Crippen LogP contribution in [0.15, 0.2) is 30.3 Å². The van der Waals surface area contributed by atoms with Gasteiger partial charge in [-0.25, -0.2) is 4.39 Å². The number of benzene rings is 1. The minimum atomic E-state index is -0.399. The number of morpholine rings is 1. The number of aromatic amines is 1. The highest BCUT2D eigenvalue weighted by atomic mass is 19.1. The van der Waals surface area contributed by atoms with Gasteiger partial charge in [-0.2, -0.15) is 5.10 Å². The number of carbonyl (C=O) groups excluding carboxylic acids is 2. The summed E-state index contributed by atoms with van der Waals surface area (Å²) in [5.74, 6) is -0.684. The molecule has 2 aromatic rings. The van der Waals surface area contributed by atoms with Crippen molar-refractivity contribution in [3.05, 3.63) is 47.5 Å². The second kappa shape index (κ2) is 9.32. The molecule has 0 spiro atoms. The highest BCUT2D eigenvalue weighted by molar-refractivity contribution is 5.93. The number of amides is 1. The molecule has 1 atom stereocenters. The number of ether oxygens (including phenoxy) is 3. The molecule has 28 heavy (non-hydrogen) atoms. The Labute approximate surface area is 161 Å². The predicted molar refractivity (Wildman–Crippen MR) is 96.2 cm³/mol. The molecular formula is C19H22FN3O5. The Kier molecular flexibility index (Phi) is 6.59. The first-order chi connectivity index (χ1) is 13.6. The molecule has 1 aliphatic rings. The average molecular weight is 391 g/mol. The highest BCUT2D eigenvalue weighted by Crippen LogP contribution is 2.17. The van der Waals surface area contributed by atoms with E-state index in [9.17, 15) is 14.0 Å². The van der Waals surface area contributed by atoms with Gasteiger partial charge < -0.3 is 19.1 Å². The van der Waals surface area contributed by atoms with Crippen LogP contribution in [-0.2, 0) is 20.9 Å². The maximum Gasteiger partial charge on any atom is 0.307 e. The Balaban J connectivity index is 1.62. The monoisotopic (exact) mass is 391 g/mol. The smallest absolute Gasteiger partial charge is 0.307 e. The van der Waals surface area contributed by atoms with E-state index >= 15 is 0 Å². The summed E-state index contributed by atoms with van der Waals surface area (Å²) >= 11 is 0. The lowest BCUT2D eigenvalue weighted by molar-refractivity contribution is -0.145. The van der Waals surface area contributed by atoms with Crippen LogP contribution in [0, 0.1) is 5.82 Å². The van der Waals surface area contributed by atoms with Crippen molar-refractivity contribution >= 4 is 11.9 Å². The van der Waals surface area contributed by atoms with Crippen molar-refractivity contribution in [2.45, 2.75) is 26.0 Å². The number of aromatic nitrogens is 2. The lowest BCUT2D eigenvalue weighted by Crippen LogP contribution is -2.49. The van der Waals surface area contributed by atoms with Crippen LogP contribution in [0.5, 0.6) is 5.75 Å². The van der Waals surface area contributed by atoms with E-state index in [4.69, 9.17) is 14.2 Å². The number of carbonyl (C=O) groups is 2. The zero-order chi connectivity index (χ0) is 19.9. The highest BCUT2D eigenvalue weighted by Gasteiger charge is 2.31. The van der Waals surface area contributed by atoms with Crippen molar-refractivity contribution in [1.29, 1.82) is 0 Å². The lowest BCUT2D eigenvalue weighted by Gasteiger charge is -2.34. The zero-order valence-electron chi connectivity index (χ0n) is 15.5. The summed E-state index contributed by atoms with van der Waals surface area (Å²) in [6.45, 7) is 3.16. The van der Waals surface area contributed by atoms with Crippen molar-refractivity contribution in [2.75, 3.05) is 26.4 Å². The third-order valence-corrected chi connectivity index (χ3v) is 4.24. The van der Waals surface area contributed by atoms with Gasteiger partial charge in [0, 0.05) is 12.6 Å². The van der Waals surface area contributed by atoms with Gasteiger partial charge in [-0.05, 0) is 25.1 Å². The van der Waals surface area contributed by atoms with Gasteiger partial charge in [-0.15, -0.1) is 0 Å². The topological polar surface area (TPSA) is 93.8 Å². The summed E-state index contributed by atoms with van der Waals surface area (Å²) < 4.78 is 29.1.